The maximum atomic E-state index is 11.7. The van der Waals surface area contributed by atoms with Crippen molar-refractivity contribution in [3.05, 3.63) is 0 Å². The average molecular weight is 229 g/mol. The number of carbonyl (C=O) groups excluding carboxylic acids is 1. The Hall–Kier alpha value is -0.610. The van der Waals surface area contributed by atoms with Gasteiger partial charge in [0.25, 0.3) is 0 Å². The highest BCUT2D eigenvalue weighted by Crippen LogP contribution is 2.17. The zero-order valence-corrected chi connectivity index (χ0v) is 10.7. The SMILES string of the molecule is CO[C@H](CC(=O)OC(C)(C)C)[C@@H]1CCCN1. The molecule has 1 saturated heterocycles. The van der Waals surface area contributed by atoms with E-state index >= 15 is 0 Å². The summed E-state index contributed by atoms with van der Waals surface area (Å²) < 4.78 is 10.6. The van der Waals surface area contributed by atoms with E-state index in [-0.39, 0.29) is 18.1 Å². The Morgan fingerprint density at radius 1 is 1.50 bits per heavy atom. The van der Waals surface area contributed by atoms with Gasteiger partial charge >= 0.3 is 5.97 Å². The van der Waals surface area contributed by atoms with Crippen molar-refractivity contribution in [2.75, 3.05) is 13.7 Å². The smallest absolute Gasteiger partial charge is 0.309 e. The molecule has 0 spiro atoms. The number of ether oxygens (including phenoxy) is 2. The molecule has 1 heterocycles. The highest BCUT2D eigenvalue weighted by atomic mass is 16.6. The van der Waals surface area contributed by atoms with Gasteiger partial charge in [-0.25, -0.2) is 0 Å². The Bertz CT molecular complexity index is 229. The minimum atomic E-state index is -0.418. The van der Waals surface area contributed by atoms with Crippen molar-refractivity contribution in [2.45, 2.75) is 57.8 Å². The number of esters is 1. The van der Waals surface area contributed by atoms with E-state index in [4.69, 9.17) is 9.47 Å². The Balaban J connectivity index is 2.40. The van der Waals surface area contributed by atoms with Gasteiger partial charge in [-0.15, -0.1) is 0 Å². The summed E-state index contributed by atoms with van der Waals surface area (Å²) in [6, 6.07) is 0.289. The van der Waals surface area contributed by atoms with Crippen LogP contribution in [0, 0.1) is 0 Å². The molecule has 0 aromatic heterocycles. The summed E-state index contributed by atoms with van der Waals surface area (Å²) in [6.45, 7) is 6.64. The van der Waals surface area contributed by atoms with Crippen molar-refractivity contribution in [1.29, 1.82) is 0 Å². The second-order valence-electron chi connectivity index (χ2n) is 5.27. The number of carbonyl (C=O) groups is 1. The quantitative estimate of drug-likeness (QED) is 0.742. The normalized spacial score (nSPS) is 23.1. The van der Waals surface area contributed by atoms with E-state index in [1.54, 1.807) is 7.11 Å². The van der Waals surface area contributed by atoms with Crippen LogP contribution in [0.1, 0.15) is 40.0 Å². The molecular formula is C12H23NO3. The zero-order chi connectivity index (χ0) is 12.2. The predicted octanol–water partition coefficient (Wildman–Crippen LogP) is 1.49. The van der Waals surface area contributed by atoms with Gasteiger partial charge in [-0.1, -0.05) is 0 Å². The van der Waals surface area contributed by atoms with Crippen molar-refractivity contribution in [3.8, 4) is 0 Å². The first-order chi connectivity index (χ1) is 7.42. The van der Waals surface area contributed by atoms with Gasteiger partial charge in [0.15, 0.2) is 0 Å². The summed E-state index contributed by atoms with van der Waals surface area (Å²) in [5.74, 6) is -0.187. The molecule has 0 bridgehead atoms. The van der Waals surface area contributed by atoms with Crippen LogP contribution in [0.25, 0.3) is 0 Å². The summed E-state index contributed by atoms with van der Waals surface area (Å²) >= 11 is 0. The van der Waals surface area contributed by atoms with Gasteiger partial charge in [0.1, 0.15) is 5.60 Å². The Morgan fingerprint density at radius 3 is 2.62 bits per heavy atom. The van der Waals surface area contributed by atoms with Gasteiger partial charge in [0, 0.05) is 13.2 Å². The van der Waals surface area contributed by atoms with Crippen LogP contribution in [0.15, 0.2) is 0 Å². The van der Waals surface area contributed by atoms with Crippen molar-refractivity contribution < 1.29 is 14.3 Å². The zero-order valence-electron chi connectivity index (χ0n) is 10.7. The van der Waals surface area contributed by atoms with Crippen LogP contribution in [-0.2, 0) is 14.3 Å². The van der Waals surface area contributed by atoms with Gasteiger partial charge < -0.3 is 14.8 Å². The molecule has 0 radical (unpaired) electrons. The Kier molecular flexibility index (Phi) is 4.74. The topological polar surface area (TPSA) is 47.6 Å². The molecule has 1 fully saturated rings. The lowest BCUT2D eigenvalue weighted by Crippen LogP contribution is -2.39. The largest absolute Gasteiger partial charge is 0.460 e. The van der Waals surface area contributed by atoms with Crippen LogP contribution >= 0.6 is 0 Å². The number of nitrogens with one attached hydrogen (secondary N) is 1. The minimum Gasteiger partial charge on any atom is -0.460 e. The molecular weight excluding hydrogens is 206 g/mol. The number of hydrogen-bond acceptors (Lipinski definition) is 4. The van der Waals surface area contributed by atoms with Crippen LogP contribution in [-0.4, -0.2) is 37.4 Å². The standard InChI is InChI=1S/C12H23NO3/c1-12(2,3)16-11(14)8-10(15-4)9-6-5-7-13-9/h9-10,13H,5-8H2,1-4H3/t9-,10+/m0/s1. The van der Waals surface area contributed by atoms with Crippen LogP contribution < -0.4 is 5.32 Å². The summed E-state index contributed by atoms with van der Waals surface area (Å²) in [5, 5.41) is 3.34. The molecule has 1 N–H and O–H groups in total. The predicted molar refractivity (Wildman–Crippen MR) is 62.3 cm³/mol. The number of methoxy groups -OCH3 is 1. The fourth-order valence-corrected chi connectivity index (χ4v) is 1.97. The third kappa shape index (κ3) is 4.49. The van der Waals surface area contributed by atoms with Gasteiger partial charge in [0.05, 0.1) is 12.5 Å². The molecule has 0 aromatic rings. The lowest BCUT2D eigenvalue weighted by Gasteiger charge is -2.24. The van der Waals surface area contributed by atoms with E-state index in [9.17, 15) is 4.79 Å². The van der Waals surface area contributed by atoms with E-state index in [0.29, 0.717) is 6.42 Å². The van der Waals surface area contributed by atoms with Gasteiger partial charge in [0.2, 0.25) is 0 Å². The van der Waals surface area contributed by atoms with Gasteiger partial charge in [-0.2, -0.15) is 0 Å². The van der Waals surface area contributed by atoms with E-state index in [2.05, 4.69) is 5.32 Å². The molecule has 0 amide bonds. The first-order valence-corrected chi connectivity index (χ1v) is 5.90. The second-order valence-corrected chi connectivity index (χ2v) is 5.27. The summed E-state index contributed by atoms with van der Waals surface area (Å²) in [7, 11) is 1.65. The molecule has 0 aromatic carbocycles. The van der Waals surface area contributed by atoms with Crippen molar-refractivity contribution in [3.63, 3.8) is 0 Å². The van der Waals surface area contributed by atoms with Crippen LogP contribution in [0.5, 0.6) is 0 Å². The second kappa shape index (κ2) is 5.64. The monoisotopic (exact) mass is 229 g/mol. The van der Waals surface area contributed by atoms with Crippen LogP contribution in [0.2, 0.25) is 0 Å². The van der Waals surface area contributed by atoms with E-state index in [0.717, 1.165) is 19.4 Å². The number of rotatable bonds is 4. The molecule has 4 heteroatoms. The molecule has 16 heavy (non-hydrogen) atoms. The molecule has 1 aliphatic heterocycles. The van der Waals surface area contributed by atoms with Gasteiger partial charge in [-0.3, -0.25) is 4.79 Å². The van der Waals surface area contributed by atoms with E-state index in [1.165, 1.54) is 0 Å². The first kappa shape index (κ1) is 13.5. The third-order valence-corrected chi connectivity index (χ3v) is 2.64. The molecule has 1 rings (SSSR count). The average Bonchev–Trinajstić information content (AvgIpc) is 2.63. The first-order valence-electron chi connectivity index (χ1n) is 5.90. The maximum absolute atomic E-state index is 11.7. The molecule has 2 atom stereocenters. The lowest BCUT2D eigenvalue weighted by molar-refractivity contribution is -0.158. The van der Waals surface area contributed by atoms with E-state index in [1.807, 2.05) is 20.8 Å². The highest BCUT2D eigenvalue weighted by molar-refractivity contribution is 5.70. The summed E-state index contributed by atoms with van der Waals surface area (Å²) in [6.07, 6.45) is 2.48. The molecule has 1 aliphatic rings. The van der Waals surface area contributed by atoms with Crippen molar-refractivity contribution in [2.24, 2.45) is 0 Å². The fraction of sp³-hybridized carbons (Fsp3) is 0.917. The molecule has 0 aliphatic carbocycles. The highest BCUT2D eigenvalue weighted by Gasteiger charge is 2.28. The fourth-order valence-electron chi connectivity index (χ4n) is 1.97. The van der Waals surface area contributed by atoms with Crippen molar-refractivity contribution >= 4 is 5.97 Å². The van der Waals surface area contributed by atoms with Crippen LogP contribution in [0.4, 0.5) is 0 Å². The summed E-state index contributed by atoms with van der Waals surface area (Å²) in [5.41, 5.74) is -0.418. The van der Waals surface area contributed by atoms with Crippen molar-refractivity contribution in [1.82, 2.24) is 5.32 Å². The third-order valence-electron chi connectivity index (χ3n) is 2.64. The Labute approximate surface area is 97.7 Å². The molecule has 4 nitrogen and oxygen atoms in total. The lowest BCUT2D eigenvalue weighted by atomic mass is 10.1. The molecule has 0 unspecified atom stereocenters. The van der Waals surface area contributed by atoms with Gasteiger partial charge in [-0.05, 0) is 40.2 Å². The minimum absolute atomic E-state index is 0.0719. The maximum Gasteiger partial charge on any atom is 0.309 e. The molecule has 94 valence electrons. The Morgan fingerprint density at radius 2 is 2.19 bits per heavy atom. The van der Waals surface area contributed by atoms with E-state index < -0.39 is 5.60 Å². The van der Waals surface area contributed by atoms with Crippen LogP contribution in [0.3, 0.4) is 0 Å². The molecule has 0 saturated carbocycles. The summed E-state index contributed by atoms with van der Waals surface area (Å²) in [4.78, 5) is 11.7. The number of hydrogen-bond donors (Lipinski definition) is 1.